The Labute approximate surface area is 162 Å². The van der Waals surface area contributed by atoms with Crippen molar-refractivity contribution in [3.8, 4) is 0 Å². The van der Waals surface area contributed by atoms with Crippen molar-refractivity contribution in [3.05, 3.63) is 28.8 Å². The van der Waals surface area contributed by atoms with E-state index < -0.39 is 10.0 Å². The van der Waals surface area contributed by atoms with Gasteiger partial charge in [-0.1, -0.05) is 6.92 Å². The summed E-state index contributed by atoms with van der Waals surface area (Å²) in [6, 6.07) is 3.29. The van der Waals surface area contributed by atoms with Crippen molar-refractivity contribution in [3.63, 3.8) is 0 Å². The summed E-state index contributed by atoms with van der Waals surface area (Å²) < 4.78 is 33.5. The van der Waals surface area contributed by atoms with Crippen molar-refractivity contribution in [1.82, 2.24) is 9.62 Å². The summed E-state index contributed by atoms with van der Waals surface area (Å²) in [6.45, 7) is 8.08. The lowest BCUT2D eigenvalue weighted by molar-refractivity contribution is 0.0857. The highest BCUT2D eigenvalue weighted by atomic mass is 32.2. The van der Waals surface area contributed by atoms with Gasteiger partial charge < -0.3 is 10.1 Å². The lowest BCUT2D eigenvalue weighted by Gasteiger charge is -2.30. The molecule has 27 heavy (non-hydrogen) atoms. The number of nitrogens with zero attached hydrogens (tertiary/aromatic N) is 1. The van der Waals surface area contributed by atoms with Gasteiger partial charge in [0.1, 0.15) is 0 Å². The molecule has 0 spiro atoms. The van der Waals surface area contributed by atoms with Crippen LogP contribution in [0.3, 0.4) is 0 Å². The molecule has 2 heterocycles. The Hall–Kier alpha value is -1.44. The Morgan fingerprint density at radius 2 is 1.93 bits per heavy atom. The highest BCUT2D eigenvalue weighted by Crippen LogP contribution is 2.28. The maximum atomic E-state index is 13.2. The summed E-state index contributed by atoms with van der Waals surface area (Å²) in [5.74, 6) is 0.298. The van der Waals surface area contributed by atoms with E-state index in [4.69, 9.17) is 4.74 Å². The summed E-state index contributed by atoms with van der Waals surface area (Å²) >= 11 is 0. The number of sulfonamides is 1. The van der Waals surface area contributed by atoms with Gasteiger partial charge in [-0.25, -0.2) is 8.42 Å². The Bertz CT molecular complexity index is 792. The average Bonchev–Trinajstić information content (AvgIpc) is 3.15. The fourth-order valence-corrected chi connectivity index (χ4v) is 5.50. The van der Waals surface area contributed by atoms with E-state index in [0.717, 1.165) is 37.9 Å². The molecule has 2 aliphatic heterocycles. The molecule has 150 valence electrons. The van der Waals surface area contributed by atoms with Crippen molar-refractivity contribution in [2.24, 2.45) is 5.92 Å². The van der Waals surface area contributed by atoms with Crippen LogP contribution >= 0.6 is 0 Å². The second-order valence-corrected chi connectivity index (χ2v) is 9.75. The third-order valence-electron chi connectivity index (χ3n) is 5.76. The number of benzene rings is 1. The highest BCUT2D eigenvalue weighted by Gasteiger charge is 2.30. The molecule has 1 amide bonds. The van der Waals surface area contributed by atoms with E-state index in [1.54, 1.807) is 10.4 Å². The minimum absolute atomic E-state index is 0.0547. The van der Waals surface area contributed by atoms with Crippen LogP contribution in [0.5, 0.6) is 0 Å². The fourth-order valence-electron chi connectivity index (χ4n) is 3.70. The quantitative estimate of drug-likeness (QED) is 0.833. The molecule has 2 aliphatic rings. The molecule has 2 saturated heterocycles. The number of hydrogen-bond acceptors (Lipinski definition) is 4. The maximum absolute atomic E-state index is 13.2. The lowest BCUT2D eigenvalue weighted by atomic mass is 10.0. The minimum Gasteiger partial charge on any atom is -0.376 e. The summed E-state index contributed by atoms with van der Waals surface area (Å²) in [4.78, 5) is 12.8. The number of carbonyl (C=O) groups excluding carboxylic acids is 1. The van der Waals surface area contributed by atoms with Crippen molar-refractivity contribution >= 4 is 15.9 Å². The van der Waals surface area contributed by atoms with Gasteiger partial charge in [0.2, 0.25) is 10.0 Å². The van der Waals surface area contributed by atoms with Gasteiger partial charge in [-0.3, -0.25) is 4.79 Å². The van der Waals surface area contributed by atoms with Gasteiger partial charge in [0.15, 0.2) is 0 Å². The van der Waals surface area contributed by atoms with Gasteiger partial charge in [0, 0.05) is 31.8 Å². The van der Waals surface area contributed by atoms with Gasteiger partial charge in [0.05, 0.1) is 11.0 Å². The summed E-state index contributed by atoms with van der Waals surface area (Å²) in [5, 5.41) is 2.88. The maximum Gasteiger partial charge on any atom is 0.251 e. The predicted molar refractivity (Wildman–Crippen MR) is 104 cm³/mol. The van der Waals surface area contributed by atoms with Crippen LogP contribution < -0.4 is 5.32 Å². The molecule has 0 radical (unpaired) electrons. The zero-order valence-corrected chi connectivity index (χ0v) is 17.3. The first-order chi connectivity index (χ1) is 12.8. The third kappa shape index (κ3) is 4.52. The van der Waals surface area contributed by atoms with E-state index in [0.29, 0.717) is 36.7 Å². The molecule has 6 nitrogen and oxygen atoms in total. The SMILES string of the molecule is Cc1cc(C(=O)NCC2CCCO2)cc(S(=O)(=O)N2CCC(C)CC2)c1C. The number of amides is 1. The van der Waals surface area contributed by atoms with E-state index in [2.05, 4.69) is 12.2 Å². The van der Waals surface area contributed by atoms with Crippen LogP contribution in [0.2, 0.25) is 0 Å². The van der Waals surface area contributed by atoms with Gasteiger partial charge in [-0.15, -0.1) is 0 Å². The van der Waals surface area contributed by atoms with Crippen LogP contribution in [0.4, 0.5) is 0 Å². The molecule has 0 bridgehead atoms. The molecule has 3 rings (SSSR count). The summed E-state index contributed by atoms with van der Waals surface area (Å²) in [7, 11) is -3.60. The lowest BCUT2D eigenvalue weighted by Crippen LogP contribution is -2.38. The van der Waals surface area contributed by atoms with Gasteiger partial charge >= 0.3 is 0 Å². The Balaban J connectivity index is 1.81. The molecular weight excluding hydrogens is 364 g/mol. The molecule has 0 saturated carbocycles. The predicted octanol–water partition coefficient (Wildman–Crippen LogP) is 2.63. The largest absolute Gasteiger partial charge is 0.376 e. The molecular formula is C20H30N2O4S. The summed E-state index contributed by atoms with van der Waals surface area (Å²) in [5.41, 5.74) is 1.91. The van der Waals surface area contributed by atoms with E-state index in [-0.39, 0.29) is 16.9 Å². The number of carbonyl (C=O) groups is 1. The van der Waals surface area contributed by atoms with E-state index in [1.165, 1.54) is 6.07 Å². The Morgan fingerprint density at radius 3 is 2.56 bits per heavy atom. The van der Waals surface area contributed by atoms with Crippen molar-refractivity contribution in [2.45, 2.75) is 57.5 Å². The van der Waals surface area contributed by atoms with Crippen LogP contribution in [0.15, 0.2) is 17.0 Å². The average molecular weight is 395 g/mol. The molecule has 1 unspecified atom stereocenters. The van der Waals surface area contributed by atoms with Crippen LogP contribution in [0, 0.1) is 19.8 Å². The van der Waals surface area contributed by atoms with Crippen LogP contribution in [0.1, 0.15) is 54.1 Å². The van der Waals surface area contributed by atoms with E-state index in [1.807, 2.05) is 13.8 Å². The first-order valence-corrected chi connectivity index (χ1v) is 11.2. The van der Waals surface area contributed by atoms with Crippen LogP contribution in [0.25, 0.3) is 0 Å². The van der Waals surface area contributed by atoms with E-state index >= 15 is 0 Å². The standard InChI is InChI=1S/C20H30N2O4S/c1-14-6-8-22(9-7-14)27(24,25)19-12-17(11-15(2)16(19)3)20(23)21-13-18-5-4-10-26-18/h11-12,14,18H,4-10,13H2,1-3H3,(H,21,23). The molecule has 1 aromatic rings. The number of rotatable bonds is 5. The summed E-state index contributed by atoms with van der Waals surface area (Å²) in [6.07, 6.45) is 3.76. The minimum atomic E-state index is -3.60. The number of nitrogens with one attached hydrogen (secondary N) is 1. The van der Waals surface area contributed by atoms with E-state index in [9.17, 15) is 13.2 Å². The molecule has 1 aromatic carbocycles. The van der Waals surface area contributed by atoms with Crippen molar-refractivity contribution < 1.29 is 17.9 Å². The van der Waals surface area contributed by atoms with Crippen molar-refractivity contribution in [2.75, 3.05) is 26.2 Å². The zero-order chi connectivity index (χ0) is 19.6. The number of aryl methyl sites for hydroxylation is 1. The van der Waals surface area contributed by atoms with Crippen molar-refractivity contribution in [1.29, 1.82) is 0 Å². The topological polar surface area (TPSA) is 75.7 Å². The molecule has 1 atom stereocenters. The second-order valence-electron chi connectivity index (χ2n) is 7.85. The number of piperidine rings is 1. The molecule has 7 heteroatoms. The van der Waals surface area contributed by atoms with Crippen LogP contribution in [-0.2, 0) is 14.8 Å². The Kier molecular flexibility index (Phi) is 6.23. The fraction of sp³-hybridized carbons (Fsp3) is 0.650. The molecule has 0 aliphatic carbocycles. The Morgan fingerprint density at radius 1 is 1.22 bits per heavy atom. The molecule has 2 fully saturated rings. The van der Waals surface area contributed by atoms with Gasteiger partial charge in [0.25, 0.3) is 5.91 Å². The third-order valence-corrected chi connectivity index (χ3v) is 7.78. The molecule has 0 aromatic heterocycles. The smallest absolute Gasteiger partial charge is 0.251 e. The van der Waals surface area contributed by atoms with Gasteiger partial charge in [-0.2, -0.15) is 4.31 Å². The van der Waals surface area contributed by atoms with Gasteiger partial charge in [-0.05, 0) is 68.7 Å². The molecule has 1 N–H and O–H groups in total. The second kappa shape index (κ2) is 8.29. The first-order valence-electron chi connectivity index (χ1n) is 9.80. The number of hydrogen-bond donors (Lipinski definition) is 1. The zero-order valence-electron chi connectivity index (χ0n) is 16.5. The number of ether oxygens (including phenoxy) is 1. The van der Waals surface area contributed by atoms with Crippen LogP contribution in [-0.4, -0.2) is 51.0 Å². The highest BCUT2D eigenvalue weighted by molar-refractivity contribution is 7.89. The normalized spacial score (nSPS) is 22.1. The first kappa shape index (κ1) is 20.3. The monoisotopic (exact) mass is 394 g/mol.